The van der Waals surface area contributed by atoms with E-state index >= 15 is 0 Å². The first kappa shape index (κ1) is 26.8. The maximum Gasteiger partial charge on any atom is 0.233 e. The smallest absolute Gasteiger partial charge is 0.233 e. The normalized spacial score (nSPS) is 13.5. The number of para-hydroxylation sites is 2. The number of benzene rings is 2. The standard InChI is InChI=1S/C27H29ClN8O2S/c1-18(37)29-10-11-30-23-16-24(34-26(33-23)19-6-8-20(28)9-7-19)35-12-14-36(15-13-35)25(38)17-39-27-31-21-4-2-3-5-22(21)32-27/h2-9,16H,10-15,17H2,1H3,(H,29,37)(H,31,32)(H,30,33,34). The van der Waals surface area contributed by atoms with Crippen molar-refractivity contribution in [3.8, 4) is 11.4 Å². The predicted molar refractivity (Wildman–Crippen MR) is 155 cm³/mol. The van der Waals surface area contributed by atoms with Crippen molar-refractivity contribution in [2.45, 2.75) is 12.1 Å². The molecular formula is C27H29ClN8O2S. The Balaban J connectivity index is 1.22. The Kier molecular flexibility index (Phi) is 8.48. The van der Waals surface area contributed by atoms with Crippen LogP contribution in [0.1, 0.15) is 6.92 Å². The monoisotopic (exact) mass is 564 g/mol. The number of anilines is 2. The van der Waals surface area contributed by atoms with Crippen molar-refractivity contribution in [1.29, 1.82) is 0 Å². The number of imidazole rings is 1. The van der Waals surface area contributed by atoms with Gasteiger partial charge >= 0.3 is 0 Å². The number of carbonyl (C=O) groups is 2. The zero-order valence-corrected chi connectivity index (χ0v) is 23.1. The fourth-order valence-corrected chi connectivity index (χ4v) is 5.16. The maximum absolute atomic E-state index is 12.9. The second kappa shape index (κ2) is 12.4. The largest absolute Gasteiger partial charge is 0.368 e. The molecule has 2 aromatic heterocycles. The van der Waals surface area contributed by atoms with Gasteiger partial charge in [0.05, 0.1) is 16.8 Å². The predicted octanol–water partition coefficient (Wildman–Crippen LogP) is 3.66. The zero-order valence-electron chi connectivity index (χ0n) is 21.5. The molecule has 0 saturated carbocycles. The van der Waals surface area contributed by atoms with Crippen LogP contribution in [0, 0.1) is 0 Å². The Morgan fingerprint density at radius 1 is 1.00 bits per heavy atom. The average Bonchev–Trinajstić information content (AvgIpc) is 3.37. The molecule has 12 heteroatoms. The van der Waals surface area contributed by atoms with Gasteiger partial charge in [-0.2, -0.15) is 0 Å². The van der Waals surface area contributed by atoms with Crippen LogP contribution < -0.4 is 15.5 Å². The molecule has 3 heterocycles. The molecule has 1 fully saturated rings. The van der Waals surface area contributed by atoms with Crippen molar-refractivity contribution in [3.05, 3.63) is 59.6 Å². The van der Waals surface area contributed by atoms with Crippen LogP contribution in [-0.4, -0.2) is 81.7 Å². The minimum atomic E-state index is -0.0783. The number of hydrogen-bond acceptors (Lipinski definition) is 8. The lowest BCUT2D eigenvalue weighted by Gasteiger charge is -2.35. The number of halogens is 1. The summed E-state index contributed by atoms with van der Waals surface area (Å²) in [5, 5.41) is 7.44. The van der Waals surface area contributed by atoms with Crippen molar-refractivity contribution >= 4 is 57.8 Å². The van der Waals surface area contributed by atoms with E-state index in [4.69, 9.17) is 16.6 Å². The van der Waals surface area contributed by atoms with E-state index in [2.05, 4.69) is 30.5 Å². The van der Waals surface area contributed by atoms with E-state index in [1.807, 2.05) is 59.5 Å². The van der Waals surface area contributed by atoms with Crippen LogP contribution in [-0.2, 0) is 9.59 Å². The van der Waals surface area contributed by atoms with Gasteiger partial charge in [0.15, 0.2) is 11.0 Å². The molecule has 0 atom stereocenters. The number of amides is 2. The summed E-state index contributed by atoms with van der Waals surface area (Å²) in [6.45, 7) is 5.02. The van der Waals surface area contributed by atoms with Crippen LogP contribution >= 0.6 is 23.4 Å². The molecule has 0 bridgehead atoms. The molecule has 39 heavy (non-hydrogen) atoms. The number of H-pyrrole nitrogens is 1. The van der Waals surface area contributed by atoms with Gasteiger partial charge in [0, 0.05) is 62.8 Å². The van der Waals surface area contributed by atoms with Gasteiger partial charge in [0.1, 0.15) is 11.6 Å². The number of thioether (sulfide) groups is 1. The summed E-state index contributed by atoms with van der Waals surface area (Å²) in [6, 6.07) is 17.1. The summed E-state index contributed by atoms with van der Waals surface area (Å²) in [6.07, 6.45) is 0. The average molecular weight is 565 g/mol. The molecule has 4 aromatic rings. The van der Waals surface area contributed by atoms with Gasteiger partial charge in [-0.05, 0) is 36.4 Å². The van der Waals surface area contributed by atoms with Crippen molar-refractivity contribution < 1.29 is 9.59 Å². The second-order valence-electron chi connectivity index (χ2n) is 9.07. The summed E-state index contributed by atoms with van der Waals surface area (Å²) in [7, 11) is 0. The lowest BCUT2D eigenvalue weighted by atomic mass is 10.2. The molecule has 10 nitrogen and oxygen atoms in total. The van der Waals surface area contributed by atoms with Crippen LogP contribution in [0.3, 0.4) is 0 Å². The van der Waals surface area contributed by atoms with Crippen molar-refractivity contribution in [2.75, 3.05) is 55.2 Å². The Bertz CT molecular complexity index is 1420. The van der Waals surface area contributed by atoms with Gasteiger partial charge in [-0.3, -0.25) is 9.59 Å². The molecule has 3 N–H and O–H groups in total. The van der Waals surface area contributed by atoms with Gasteiger partial charge in [-0.1, -0.05) is 35.5 Å². The molecule has 1 aliphatic rings. The van der Waals surface area contributed by atoms with Gasteiger partial charge in [0.2, 0.25) is 11.8 Å². The van der Waals surface area contributed by atoms with Gasteiger partial charge in [-0.15, -0.1) is 0 Å². The first-order chi connectivity index (χ1) is 18.9. The topological polar surface area (TPSA) is 119 Å². The fourth-order valence-electron chi connectivity index (χ4n) is 4.25. The number of nitrogens with one attached hydrogen (secondary N) is 3. The van der Waals surface area contributed by atoms with E-state index in [0.29, 0.717) is 61.7 Å². The zero-order chi connectivity index (χ0) is 27.2. The minimum Gasteiger partial charge on any atom is -0.368 e. The summed E-state index contributed by atoms with van der Waals surface area (Å²) >= 11 is 7.50. The molecule has 1 aliphatic heterocycles. The highest BCUT2D eigenvalue weighted by atomic mass is 35.5. The third kappa shape index (κ3) is 6.98. The second-order valence-corrected chi connectivity index (χ2v) is 10.5. The van der Waals surface area contributed by atoms with Crippen molar-refractivity contribution in [1.82, 2.24) is 30.2 Å². The third-order valence-corrected chi connectivity index (χ3v) is 7.39. The van der Waals surface area contributed by atoms with Gasteiger partial charge in [0.25, 0.3) is 0 Å². The van der Waals surface area contributed by atoms with E-state index in [1.54, 1.807) is 0 Å². The number of carbonyl (C=O) groups excluding carboxylic acids is 2. The molecule has 2 aromatic carbocycles. The molecule has 5 rings (SSSR count). The van der Waals surface area contributed by atoms with Crippen LogP contribution in [0.2, 0.25) is 5.02 Å². The van der Waals surface area contributed by atoms with E-state index in [1.165, 1.54) is 18.7 Å². The highest BCUT2D eigenvalue weighted by molar-refractivity contribution is 7.99. The molecular weight excluding hydrogens is 536 g/mol. The van der Waals surface area contributed by atoms with Crippen LogP contribution in [0.25, 0.3) is 22.4 Å². The number of aromatic nitrogens is 4. The fraction of sp³-hybridized carbons (Fsp3) is 0.296. The highest BCUT2D eigenvalue weighted by Gasteiger charge is 2.23. The lowest BCUT2D eigenvalue weighted by Crippen LogP contribution is -2.49. The van der Waals surface area contributed by atoms with Gasteiger partial charge < -0.3 is 25.4 Å². The number of piperazine rings is 1. The van der Waals surface area contributed by atoms with E-state index in [0.717, 1.165) is 27.6 Å². The van der Waals surface area contributed by atoms with Crippen LogP contribution in [0.4, 0.5) is 11.6 Å². The van der Waals surface area contributed by atoms with Crippen molar-refractivity contribution in [2.24, 2.45) is 0 Å². The minimum absolute atomic E-state index is 0.0783. The first-order valence-corrected chi connectivity index (χ1v) is 14.0. The Morgan fingerprint density at radius 3 is 2.51 bits per heavy atom. The van der Waals surface area contributed by atoms with Gasteiger partial charge in [-0.25, -0.2) is 15.0 Å². The summed E-state index contributed by atoms with van der Waals surface area (Å²) in [5.41, 5.74) is 2.71. The van der Waals surface area contributed by atoms with Crippen LogP contribution in [0.5, 0.6) is 0 Å². The molecule has 0 radical (unpaired) electrons. The quantitative estimate of drug-likeness (QED) is 0.208. The van der Waals surface area contributed by atoms with E-state index in [9.17, 15) is 9.59 Å². The summed E-state index contributed by atoms with van der Waals surface area (Å²) < 4.78 is 0. The molecule has 0 spiro atoms. The van der Waals surface area contributed by atoms with Crippen LogP contribution in [0.15, 0.2) is 59.8 Å². The van der Waals surface area contributed by atoms with E-state index < -0.39 is 0 Å². The molecule has 202 valence electrons. The summed E-state index contributed by atoms with van der Waals surface area (Å²) in [4.78, 5) is 45.5. The lowest BCUT2D eigenvalue weighted by molar-refractivity contribution is -0.128. The molecule has 0 unspecified atom stereocenters. The maximum atomic E-state index is 12.9. The molecule has 1 saturated heterocycles. The number of hydrogen-bond donors (Lipinski definition) is 3. The first-order valence-electron chi connectivity index (χ1n) is 12.7. The Hall–Kier alpha value is -3.83. The third-order valence-electron chi connectivity index (χ3n) is 6.28. The number of rotatable bonds is 9. The molecule has 0 aliphatic carbocycles. The number of aromatic amines is 1. The van der Waals surface area contributed by atoms with E-state index in [-0.39, 0.29) is 11.8 Å². The summed E-state index contributed by atoms with van der Waals surface area (Å²) in [5.74, 6) is 2.36. The number of nitrogens with zero attached hydrogens (tertiary/aromatic N) is 5. The molecule has 2 amide bonds. The highest BCUT2D eigenvalue weighted by Crippen LogP contribution is 2.25. The Labute approximate surface area is 235 Å². The SMILES string of the molecule is CC(=O)NCCNc1cc(N2CCN(C(=O)CSc3nc4ccccc4[nH]3)CC2)nc(-c2ccc(Cl)cc2)n1. The van der Waals surface area contributed by atoms with Crippen molar-refractivity contribution in [3.63, 3.8) is 0 Å². The Morgan fingerprint density at radius 2 is 1.77 bits per heavy atom. The number of fused-ring (bicyclic) bond motifs is 1.